The van der Waals surface area contributed by atoms with Crippen LogP contribution in [0, 0.1) is 5.92 Å². The Morgan fingerprint density at radius 2 is 1.97 bits per heavy atom. The molecule has 2 heterocycles. The summed E-state index contributed by atoms with van der Waals surface area (Å²) < 4.78 is 4.96. The number of nitrogens with zero attached hydrogens (tertiary/aromatic N) is 2. The van der Waals surface area contributed by atoms with Crippen molar-refractivity contribution in [2.45, 2.75) is 62.6 Å². The number of amides is 4. The number of methoxy groups -OCH3 is 1. The van der Waals surface area contributed by atoms with Crippen LogP contribution in [0.1, 0.15) is 49.7 Å². The second-order valence-electron chi connectivity index (χ2n) is 9.07. The molecule has 0 radical (unpaired) electrons. The Balaban J connectivity index is 1.39. The number of imide groups is 1. The normalized spacial score (nSPS) is 31.6. The lowest BCUT2D eigenvalue weighted by molar-refractivity contribution is -0.153. The summed E-state index contributed by atoms with van der Waals surface area (Å²) in [7, 11) is 1.33. The van der Waals surface area contributed by atoms with Crippen molar-refractivity contribution in [3.63, 3.8) is 0 Å². The van der Waals surface area contributed by atoms with Crippen molar-refractivity contribution >= 4 is 23.8 Å². The van der Waals surface area contributed by atoms with Gasteiger partial charge in [-0.15, -0.1) is 0 Å². The van der Waals surface area contributed by atoms with Crippen molar-refractivity contribution in [1.29, 1.82) is 0 Å². The van der Waals surface area contributed by atoms with E-state index >= 15 is 0 Å². The first kappa shape index (κ1) is 20.0. The molecule has 1 saturated carbocycles. The number of rotatable bonds is 3. The topological polar surface area (TPSA) is 96.0 Å². The van der Waals surface area contributed by atoms with Crippen LogP contribution >= 0.6 is 0 Å². The number of ether oxygens (including phenoxy) is 1. The van der Waals surface area contributed by atoms with Crippen LogP contribution in [0.5, 0.6) is 0 Å². The van der Waals surface area contributed by atoms with Gasteiger partial charge in [0.05, 0.1) is 7.11 Å². The summed E-state index contributed by atoms with van der Waals surface area (Å²) in [6, 6.07) is 6.37. The van der Waals surface area contributed by atoms with E-state index in [-0.39, 0.29) is 30.3 Å². The Kier molecular flexibility index (Phi) is 4.75. The number of likely N-dealkylation sites (tertiary alicyclic amines) is 1. The molecular weight excluding hydrogens is 398 g/mol. The number of nitrogens with one attached hydrogen (secondary N) is 1. The maximum Gasteiger partial charge on any atom is 0.328 e. The SMILES string of the molecule is COC(=O)C1CC2CCCCC2N1C(=O)CN1C(=O)NC2(CCc3ccccc32)C1=O. The summed E-state index contributed by atoms with van der Waals surface area (Å²) in [5.41, 5.74) is 0.762. The van der Waals surface area contributed by atoms with Crippen LogP contribution < -0.4 is 5.32 Å². The first-order valence-corrected chi connectivity index (χ1v) is 11.1. The third-order valence-electron chi connectivity index (χ3n) is 7.56. The van der Waals surface area contributed by atoms with Gasteiger partial charge in [-0.05, 0) is 49.1 Å². The van der Waals surface area contributed by atoms with Crippen molar-refractivity contribution in [2.24, 2.45) is 5.92 Å². The average Bonchev–Trinajstić information content (AvgIpc) is 3.42. The number of esters is 1. The molecule has 2 aliphatic carbocycles. The molecule has 8 heteroatoms. The Morgan fingerprint density at radius 1 is 1.19 bits per heavy atom. The van der Waals surface area contributed by atoms with Crippen LogP contribution in [0.2, 0.25) is 0 Å². The molecule has 1 spiro atoms. The summed E-state index contributed by atoms with van der Waals surface area (Å²) >= 11 is 0. The second kappa shape index (κ2) is 7.35. The second-order valence-corrected chi connectivity index (χ2v) is 9.07. The Labute approximate surface area is 180 Å². The number of fused-ring (bicyclic) bond motifs is 3. The number of benzene rings is 1. The molecule has 4 amide bonds. The van der Waals surface area contributed by atoms with Gasteiger partial charge in [-0.1, -0.05) is 37.1 Å². The minimum Gasteiger partial charge on any atom is -0.467 e. The molecule has 31 heavy (non-hydrogen) atoms. The highest BCUT2D eigenvalue weighted by Crippen LogP contribution is 2.42. The molecule has 164 valence electrons. The van der Waals surface area contributed by atoms with Gasteiger partial charge < -0.3 is 15.0 Å². The van der Waals surface area contributed by atoms with E-state index in [0.29, 0.717) is 19.3 Å². The van der Waals surface area contributed by atoms with Crippen molar-refractivity contribution in [1.82, 2.24) is 15.1 Å². The fourth-order valence-corrected chi connectivity index (χ4v) is 6.12. The van der Waals surface area contributed by atoms with Crippen LogP contribution in [-0.2, 0) is 31.1 Å². The minimum atomic E-state index is -1.09. The van der Waals surface area contributed by atoms with Gasteiger partial charge in [-0.3, -0.25) is 14.5 Å². The van der Waals surface area contributed by atoms with E-state index in [1.54, 1.807) is 4.90 Å². The quantitative estimate of drug-likeness (QED) is 0.588. The van der Waals surface area contributed by atoms with Crippen LogP contribution in [0.4, 0.5) is 4.79 Å². The van der Waals surface area contributed by atoms with Crippen LogP contribution in [0.25, 0.3) is 0 Å². The number of aryl methyl sites for hydroxylation is 1. The molecule has 5 rings (SSSR count). The summed E-state index contributed by atoms with van der Waals surface area (Å²) in [4.78, 5) is 54.6. The van der Waals surface area contributed by atoms with E-state index in [1.165, 1.54) is 7.11 Å². The lowest BCUT2D eigenvalue weighted by atomic mass is 9.85. The van der Waals surface area contributed by atoms with Crippen molar-refractivity contribution in [3.8, 4) is 0 Å². The Morgan fingerprint density at radius 3 is 2.77 bits per heavy atom. The molecule has 3 fully saturated rings. The van der Waals surface area contributed by atoms with Crippen molar-refractivity contribution in [2.75, 3.05) is 13.7 Å². The monoisotopic (exact) mass is 425 g/mol. The van der Waals surface area contributed by atoms with E-state index < -0.39 is 23.6 Å². The fraction of sp³-hybridized carbons (Fsp3) is 0.565. The van der Waals surface area contributed by atoms with E-state index in [4.69, 9.17) is 4.74 Å². The number of carbonyl (C=O) groups excluding carboxylic acids is 4. The predicted molar refractivity (Wildman–Crippen MR) is 110 cm³/mol. The van der Waals surface area contributed by atoms with E-state index in [0.717, 1.165) is 41.7 Å². The number of hydrogen-bond donors (Lipinski definition) is 1. The molecule has 1 aromatic carbocycles. The Bertz CT molecular complexity index is 962. The van der Waals surface area contributed by atoms with Gasteiger partial charge in [0.2, 0.25) is 5.91 Å². The number of carbonyl (C=O) groups is 4. The van der Waals surface area contributed by atoms with Gasteiger partial charge >= 0.3 is 12.0 Å². The maximum atomic E-state index is 13.4. The molecule has 0 aromatic heterocycles. The fourth-order valence-electron chi connectivity index (χ4n) is 6.12. The summed E-state index contributed by atoms with van der Waals surface area (Å²) in [6.07, 6.45) is 5.67. The van der Waals surface area contributed by atoms with Gasteiger partial charge in [0, 0.05) is 6.04 Å². The summed E-state index contributed by atoms with van der Waals surface area (Å²) in [5.74, 6) is -0.916. The molecule has 2 aliphatic heterocycles. The number of hydrogen-bond acceptors (Lipinski definition) is 5. The largest absolute Gasteiger partial charge is 0.467 e. The molecule has 4 unspecified atom stereocenters. The van der Waals surface area contributed by atoms with Crippen LogP contribution in [0.15, 0.2) is 24.3 Å². The minimum absolute atomic E-state index is 0.0349. The molecule has 4 atom stereocenters. The van der Waals surface area contributed by atoms with E-state index in [2.05, 4.69) is 5.32 Å². The zero-order chi connectivity index (χ0) is 21.8. The van der Waals surface area contributed by atoms with Gasteiger partial charge in [-0.25, -0.2) is 9.59 Å². The molecular formula is C23H27N3O5. The van der Waals surface area contributed by atoms with Crippen LogP contribution in [0.3, 0.4) is 0 Å². The highest BCUT2D eigenvalue weighted by molar-refractivity contribution is 6.10. The highest BCUT2D eigenvalue weighted by atomic mass is 16.5. The third-order valence-corrected chi connectivity index (χ3v) is 7.56. The standard InChI is InChI=1S/C23H27N3O5/c1-31-20(28)18-12-15-7-3-5-9-17(15)26(18)19(27)13-25-21(29)23(24-22(25)30)11-10-14-6-2-4-8-16(14)23/h2,4,6,8,15,17-18H,3,5,7,9-13H2,1H3,(H,24,30). The molecule has 4 aliphatic rings. The lowest BCUT2D eigenvalue weighted by Crippen LogP contribution is -2.51. The molecule has 8 nitrogen and oxygen atoms in total. The smallest absolute Gasteiger partial charge is 0.328 e. The predicted octanol–water partition coefficient (Wildman–Crippen LogP) is 1.71. The summed E-state index contributed by atoms with van der Waals surface area (Å²) in [5, 5.41) is 2.86. The van der Waals surface area contributed by atoms with Gasteiger partial charge in [0.1, 0.15) is 18.1 Å². The zero-order valence-corrected chi connectivity index (χ0v) is 17.6. The highest BCUT2D eigenvalue weighted by Gasteiger charge is 2.56. The number of urea groups is 1. The van der Waals surface area contributed by atoms with Crippen molar-refractivity contribution < 1.29 is 23.9 Å². The third kappa shape index (κ3) is 2.95. The zero-order valence-electron chi connectivity index (χ0n) is 17.6. The van der Waals surface area contributed by atoms with Crippen molar-refractivity contribution in [3.05, 3.63) is 35.4 Å². The molecule has 1 N–H and O–H groups in total. The first-order chi connectivity index (χ1) is 15.0. The van der Waals surface area contributed by atoms with Gasteiger partial charge in [0.15, 0.2) is 0 Å². The Hall–Kier alpha value is -2.90. The van der Waals surface area contributed by atoms with Gasteiger partial charge in [-0.2, -0.15) is 0 Å². The van der Waals surface area contributed by atoms with E-state index in [1.807, 2.05) is 24.3 Å². The molecule has 1 aromatic rings. The molecule has 2 saturated heterocycles. The first-order valence-electron chi connectivity index (χ1n) is 11.1. The van der Waals surface area contributed by atoms with Gasteiger partial charge in [0.25, 0.3) is 5.91 Å². The average molecular weight is 425 g/mol. The maximum absolute atomic E-state index is 13.4. The molecule has 0 bridgehead atoms. The lowest BCUT2D eigenvalue weighted by Gasteiger charge is -2.34. The van der Waals surface area contributed by atoms with Crippen LogP contribution in [-0.4, -0.2) is 59.4 Å². The summed E-state index contributed by atoms with van der Waals surface area (Å²) in [6.45, 7) is -0.356. The van der Waals surface area contributed by atoms with E-state index in [9.17, 15) is 19.2 Å².